The van der Waals surface area contributed by atoms with Gasteiger partial charge in [0.15, 0.2) is 0 Å². The minimum Gasteiger partial charge on any atom is -0.381 e. The summed E-state index contributed by atoms with van der Waals surface area (Å²) in [5.74, 6) is 1.08. The molecule has 3 rings (SSSR count). The van der Waals surface area contributed by atoms with Crippen molar-refractivity contribution in [3.8, 4) is 0 Å². The number of rotatable bonds is 5. The molecule has 0 radical (unpaired) electrons. The van der Waals surface area contributed by atoms with Crippen LogP contribution in [0.5, 0.6) is 0 Å². The highest BCUT2D eigenvalue weighted by atomic mass is 32.2. The van der Waals surface area contributed by atoms with Crippen molar-refractivity contribution in [1.82, 2.24) is 9.97 Å². The molecule has 9 heteroatoms. The number of nitrogens with one attached hydrogen (secondary N) is 1. The van der Waals surface area contributed by atoms with Gasteiger partial charge in [0.25, 0.3) is 0 Å². The molecule has 1 aromatic heterocycles. The van der Waals surface area contributed by atoms with Gasteiger partial charge in [-0.25, -0.2) is 18.5 Å². The Morgan fingerprint density at radius 1 is 1.25 bits per heavy atom. The Bertz CT molecular complexity index is 818. The molecule has 0 aliphatic carbocycles. The average Bonchev–Trinajstić information content (AvgIpc) is 3.06. The highest BCUT2D eigenvalue weighted by Gasteiger charge is 2.20. The van der Waals surface area contributed by atoms with Gasteiger partial charge in [0.05, 0.1) is 17.2 Å². The molecule has 1 unspecified atom stereocenters. The molecule has 0 bridgehead atoms. The van der Waals surface area contributed by atoms with E-state index in [-0.39, 0.29) is 16.8 Å². The number of benzene rings is 1. The molecular formula is C15H19N5O3S. The first-order valence-electron chi connectivity index (χ1n) is 7.49. The Labute approximate surface area is 140 Å². The number of ether oxygens (including phenoxy) is 1. The zero-order valence-electron chi connectivity index (χ0n) is 13.0. The van der Waals surface area contributed by atoms with Gasteiger partial charge in [-0.2, -0.15) is 4.98 Å². The van der Waals surface area contributed by atoms with E-state index < -0.39 is 10.0 Å². The van der Waals surface area contributed by atoms with Crippen molar-refractivity contribution < 1.29 is 13.2 Å². The van der Waals surface area contributed by atoms with E-state index in [2.05, 4.69) is 15.3 Å². The van der Waals surface area contributed by atoms with Crippen LogP contribution in [-0.2, 0) is 21.3 Å². The minimum atomic E-state index is -3.68. The third kappa shape index (κ3) is 3.99. The normalized spacial score (nSPS) is 17.8. The highest BCUT2D eigenvalue weighted by molar-refractivity contribution is 7.89. The van der Waals surface area contributed by atoms with Crippen LogP contribution in [0.25, 0.3) is 0 Å². The Morgan fingerprint density at radius 3 is 2.62 bits per heavy atom. The fourth-order valence-electron chi connectivity index (χ4n) is 2.54. The van der Waals surface area contributed by atoms with Crippen molar-refractivity contribution >= 4 is 21.8 Å². The SMILES string of the molecule is Nc1nc(NCc2ccc(S(N)(=O)=O)cc2)cc(C2CCOC2)n1. The Hall–Kier alpha value is -2.23. The molecule has 0 amide bonds. The number of nitrogen functional groups attached to an aromatic ring is 1. The van der Waals surface area contributed by atoms with Crippen LogP contribution in [0.15, 0.2) is 35.2 Å². The van der Waals surface area contributed by atoms with E-state index in [1.807, 2.05) is 6.07 Å². The summed E-state index contributed by atoms with van der Waals surface area (Å²) in [5.41, 5.74) is 7.54. The third-order valence-electron chi connectivity index (χ3n) is 3.84. The molecule has 5 N–H and O–H groups in total. The van der Waals surface area contributed by atoms with Crippen LogP contribution in [0.2, 0.25) is 0 Å². The summed E-state index contributed by atoms with van der Waals surface area (Å²) in [6.45, 7) is 1.85. The van der Waals surface area contributed by atoms with Crippen LogP contribution >= 0.6 is 0 Å². The largest absolute Gasteiger partial charge is 0.381 e. The molecule has 24 heavy (non-hydrogen) atoms. The molecular weight excluding hydrogens is 330 g/mol. The molecule has 1 aliphatic heterocycles. The maximum absolute atomic E-state index is 11.2. The minimum absolute atomic E-state index is 0.0843. The highest BCUT2D eigenvalue weighted by Crippen LogP contribution is 2.25. The van der Waals surface area contributed by atoms with Crippen LogP contribution in [0.3, 0.4) is 0 Å². The Balaban J connectivity index is 1.70. The lowest BCUT2D eigenvalue weighted by atomic mass is 10.0. The van der Waals surface area contributed by atoms with Gasteiger partial charge in [-0.1, -0.05) is 12.1 Å². The van der Waals surface area contributed by atoms with E-state index in [0.29, 0.717) is 19.0 Å². The van der Waals surface area contributed by atoms with Crippen LogP contribution in [0, 0.1) is 0 Å². The zero-order chi connectivity index (χ0) is 17.2. The number of aromatic nitrogens is 2. The van der Waals surface area contributed by atoms with Crippen LogP contribution in [0.1, 0.15) is 23.6 Å². The average molecular weight is 349 g/mol. The second-order valence-electron chi connectivity index (χ2n) is 5.64. The molecule has 1 fully saturated rings. The van der Waals surface area contributed by atoms with Crippen molar-refractivity contribution in [1.29, 1.82) is 0 Å². The van der Waals surface area contributed by atoms with Gasteiger partial charge in [0.1, 0.15) is 5.82 Å². The first kappa shape index (κ1) is 16.6. The second kappa shape index (κ2) is 6.71. The van der Waals surface area contributed by atoms with Gasteiger partial charge in [0.2, 0.25) is 16.0 Å². The predicted octanol–water partition coefficient (Wildman–Crippen LogP) is 0.822. The van der Waals surface area contributed by atoms with Gasteiger partial charge in [-0.15, -0.1) is 0 Å². The van der Waals surface area contributed by atoms with Gasteiger partial charge < -0.3 is 15.8 Å². The van der Waals surface area contributed by atoms with Gasteiger partial charge in [-0.3, -0.25) is 0 Å². The molecule has 0 saturated carbocycles. The third-order valence-corrected chi connectivity index (χ3v) is 4.77. The van der Waals surface area contributed by atoms with E-state index >= 15 is 0 Å². The molecule has 0 spiro atoms. The van der Waals surface area contributed by atoms with E-state index in [4.69, 9.17) is 15.6 Å². The lowest BCUT2D eigenvalue weighted by molar-refractivity contribution is 0.193. The van der Waals surface area contributed by atoms with Crippen molar-refractivity contribution in [3.63, 3.8) is 0 Å². The lowest BCUT2D eigenvalue weighted by Gasteiger charge is -2.11. The molecule has 2 aromatic rings. The summed E-state index contributed by atoms with van der Waals surface area (Å²) in [7, 11) is -3.68. The lowest BCUT2D eigenvalue weighted by Crippen LogP contribution is -2.12. The Kier molecular flexibility index (Phi) is 4.65. The number of sulfonamides is 1. The molecule has 128 valence electrons. The fraction of sp³-hybridized carbons (Fsp3) is 0.333. The summed E-state index contributed by atoms with van der Waals surface area (Å²) in [6, 6.07) is 8.21. The van der Waals surface area contributed by atoms with E-state index in [1.54, 1.807) is 12.1 Å². The Morgan fingerprint density at radius 2 is 2.00 bits per heavy atom. The summed E-state index contributed by atoms with van der Waals surface area (Å²) >= 11 is 0. The zero-order valence-corrected chi connectivity index (χ0v) is 13.8. The van der Waals surface area contributed by atoms with Crippen molar-refractivity contribution in [3.05, 3.63) is 41.6 Å². The molecule has 1 aromatic carbocycles. The molecule has 2 heterocycles. The first-order chi connectivity index (χ1) is 11.4. The number of nitrogens with two attached hydrogens (primary N) is 2. The maximum Gasteiger partial charge on any atom is 0.238 e. The van der Waals surface area contributed by atoms with Gasteiger partial charge in [0, 0.05) is 25.1 Å². The van der Waals surface area contributed by atoms with Crippen LogP contribution in [-0.4, -0.2) is 31.6 Å². The van der Waals surface area contributed by atoms with E-state index in [0.717, 1.165) is 24.3 Å². The van der Waals surface area contributed by atoms with Crippen LogP contribution < -0.4 is 16.2 Å². The monoisotopic (exact) mass is 349 g/mol. The first-order valence-corrected chi connectivity index (χ1v) is 9.04. The number of primary sulfonamides is 1. The maximum atomic E-state index is 11.2. The van der Waals surface area contributed by atoms with E-state index in [1.165, 1.54) is 12.1 Å². The molecule has 1 aliphatic rings. The topological polar surface area (TPSA) is 133 Å². The quantitative estimate of drug-likeness (QED) is 0.727. The summed E-state index contributed by atoms with van der Waals surface area (Å²) < 4.78 is 27.9. The number of nitrogens with zero attached hydrogens (tertiary/aromatic N) is 2. The van der Waals surface area contributed by atoms with E-state index in [9.17, 15) is 8.42 Å². The summed E-state index contributed by atoms with van der Waals surface area (Å²) in [5, 5.41) is 8.25. The summed E-state index contributed by atoms with van der Waals surface area (Å²) in [6.07, 6.45) is 0.922. The van der Waals surface area contributed by atoms with Gasteiger partial charge >= 0.3 is 0 Å². The summed E-state index contributed by atoms with van der Waals surface area (Å²) in [4.78, 5) is 8.54. The predicted molar refractivity (Wildman–Crippen MR) is 89.8 cm³/mol. The standard InChI is InChI=1S/C15H19N5O3S/c16-15-19-13(11-5-6-23-9-11)7-14(20-15)18-8-10-1-3-12(4-2-10)24(17,21)22/h1-4,7,11H,5-6,8-9H2,(H2,17,21,22)(H3,16,18,19,20). The van der Waals surface area contributed by atoms with Crippen molar-refractivity contribution in [2.75, 3.05) is 24.3 Å². The fourth-order valence-corrected chi connectivity index (χ4v) is 3.06. The molecule has 1 saturated heterocycles. The van der Waals surface area contributed by atoms with Gasteiger partial charge in [-0.05, 0) is 24.1 Å². The second-order valence-corrected chi connectivity index (χ2v) is 7.20. The number of anilines is 2. The molecule has 8 nitrogen and oxygen atoms in total. The number of hydrogen-bond acceptors (Lipinski definition) is 7. The van der Waals surface area contributed by atoms with Crippen molar-refractivity contribution in [2.24, 2.45) is 5.14 Å². The van der Waals surface area contributed by atoms with Crippen LogP contribution in [0.4, 0.5) is 11.8 Å². The molecule has 1 atom stereocenters. The number of hydrogen-bond donors (Lipinski definition) is 3. The smallest absolute Gasteiger partial charge is 0.238 e. The van der Waals surface area contributed by atoms with Crippen molar-refractivity contribution in [2.45, 2.75) is 23.8 Å².